The molecular formula is C18H23NO3. The molecule has 22 heavy (non-hydrogen) atoms. The molecular weight excluding hydrogens is 278 g/mol. The van der Waals surface area contributed by atoms with Crippen molar-refractivity contribution in [3.63, 3.8) is 0 Å². The molecule has 0 bridgehead atoms. The van der Waals surface area contributed by atoms with E-state index in [0.29, 0.717) is 17.0 Å². The van der Waals surface area contributed by atoms with Crippen molar-refractivity contribution in [2.75, 3.05) is 5.32 Å². The maximum absolute atomic E-state index is 12.5. The van der Waals surface area contributed by atoms with Gasteiger partial charge in [-0.15, -0.1) is 0 Å². The number of carbonyl (C=O) groups excluding carboxylic acids is 1. The first-order chi connectivity index (χ1) is 10.1. The van der Waals surface area contributed by atoms with Crippen molar-refractivity contribution in [1.82, 2.24) is 0 Å². The molecule has 0 aliphatic rings. The van der Waals surface area contributed by atoms with Crippen molar-refractivity contribution in [3.05, 3.63) is 46.4 Å². The first-order valence-electron chi connectivity index (χ1n) is 7.32. The summed E-state index contributed by atoms with van der Waals surface area (Å²) in [6.45, 7) is 11.7. The number of anilines is 1. The molecule has 1 aromatic heterocycles. The third-order valence-corrected chi connectivity index (χ3v) is 3.90. The van der Waals surface area contributed by atoms with E-state index in [1.165, 1.54) is 0 Å². The molecule has 0 saturated heterocycles. The zero-order chi connectivity index (χ0) is 16.7. The van der Waals surface area contributed by atoms with Gasteiger partial charge in [0, 0.05) is 5.56 Å². The molecule has 1 aromatic carbocycles. The highest BCUT2D eigenvalue weighted by atomic mass is 16.3. The van der Waals surface area contributed by atoms with Crippen LogP contribution in [0.1, 0.15) is 53.8 Å². The van der Waals surface area contributed by atoms with E-state index in [-0.39, 0.29) is 17.1 Å². The van der Waals surface area contributed by atoms with E-state index in [1.807, 2.05) is 26.0 Å². The van der Waals surface area contributed by atoms with Crippen LogP contribution in [0.15, 0.2) is 22.6 Å². The number of nitrogens with one attached hydrogen (secondary N) is 1. The van der Waals surface area contributed by atoms with Crippen LogP contribution in [-0.2, 0) is 5.41 Å². The molecule has 2 aromatic rings. The van der Waals surface area contributed by atoms with E-state index >= 15 is 0 Å². The Hall–Kier alpha value is -2.23. The standard InChI is InChI=1S/C18H23NO3/c1-10-11(2)22-12(3)16(10)17(21)19-14-9-13(18(4,5)6)7-8-15(14)20/h7-9,20H,1-6H3,(H,19,21). The van der Waals surface area contributed by atoms with Crippen molar-refractivity contribution in [3.8, 4) is 5.75 Å². The Labute approximate surface area is 131 Å². The van der Waals surface area contributed by atoms with E-state index in [0.717, 1.165) is 16.9 Å². The highest BCUT2D eigenvalue weighted by molar-refractivity contribution is 6.06. The third-order valence-electron chi connectivity index (χ3n) is 3.90. The molecule has 0 saturated carbocycles. The molecule has 4 nitrogen and oxygen atoms in total. The summed E-state index contributed by atoms with van der Waals surface area (Å²) in [7, 11) is 0. The molecule has 118 valence electrons. The van der Waals surface area contributed by atoms with Crippen LogP contribution >= 0.6 is 0 Å². The highest BCUT2D eigenvalue weighted by Crippen LogP contribution is 2.31. The van der Waals surface area contributed by atoms with Crippen LogP contribution in [0.4, 0.5) is 5.69 Å². The largest absolute Gasteiger partial charge is 0.506 e. The Morgan fingerprint density at radius 3 is 2.27 bits per heavy atom. The first-order valence-corrected chi connectivity index (χ1v) is 7.32. The summed E-state index contributed by atoms with van der Waals surface area (Å²) in [5.74, 6) is 1.10. The smallest absolute Gasteiger partial charge is 0.259 e. The number of amides is 1. The molecule has 1 heterocycles. The van der Waals surface area contributed by atoms with Crippen LogP contribution in [-0.4, -0.2) is 11.0 Å². The molecule has 0 spiro atoms. The quantitative estimate of drug-likeness (QED) is 0.805. The van der Waals surface area contributed by atoms with Gasteiger partial charge in [0.05, 0.1) is 11.3 Å². The monoisotopic (exact) mass is 301 g/mol. The van der Waals surface area contributed by atoms with Gasteiger partial charge in [-0.3, -0.25) is 4.79 Å². The number of rotatable bonds is 2. The molecule has 0 aliphatic heterocycles. The topological polar surface area (TPSA) is 62.5 Å². The first kappa shape index (κ1) is 16.1. The maximum atomic E-state index is 12.5. The van der Waals surface area contributed by atoms with Crippen molar-refractivity contribution in [1.29, 1.82) is 0 Å². The summed E-state index contributed by atoms with van der Waals surface area (Å²) < 4.78 is 5.49. The van der Waals surface area contributed by atoms with Gasteiger partial charge in [0.1, 0.15) is 17.3 Å². The fourth-order valence-corrected chi connectivity index (χ4v) is 2.41. The second-order valence-electron chi connectivity index (χ2n) is 6.65. The summed E-state index contributed by atoms with van der Waals surface area (Å²) in [5, 5.41) is 12.8. The number of carbonyl (C=O) groups is 1. The average Bonchev–Trinajstić information content (AvgIpc) is 2.64. The van der Waals surface area contributed by atoms with E-state index in [9.17, 15) is 9.90 Å². The molecule has 0 unspecified atom stereocenters. The van der Waals surface area contributed by atoms with Crippen LogP contribution in [0, 0.1) is 20.8 Å². The Morgan fingerprint density at radius 1 is 1.14 bits per heavy atom. The Bertz CT molecular complexity index is 721. The lowest BCUT2D eigenvalue weighted by molar-refractivity contribution is 0.102. The molecule has 0 fully saturated rings. The van der Waals surface area contributed by atoms with Crippen LogP contribution in [0.3, 0.4) is 0 Å². The van der Waals surface area contributed by atoms with Crippen LogP contribution in [0.2, 0.25) is 0 Å². The van der Waals surface area contributed by atoms with E-state index in [4.69, 9.17) is 4.42 Å². The van der Waals surface area contributed by atoms with Crippen molar-refractivity contribution in [2.45, 2.75) is 47.0 Å². The Kier molecular flexibility index (Phi) is 4.05. The van der Waals surface area contributed by atoms with Crippen molar-refractivity contribution < 1.29 is 14.3 Å². The maximum Gasteiger partial charge on any atom is 0.259 e. The number of phenolic OH excluding ortho intramolecular Hbond substituents is 1. The summed E-state index contributed by atoms with van der Waals surface area (Å²) in [4.78, 5) is 12.5. The predicted octanol–water partition coefficient (Wildman–Crippen LogP) is 4.46. The molecule has 1 amide bonds. The van der Waals surface area contributed by atoms with Gasteiger partial charge in [0.15, 0.2) is 0 Å². The van der Waals surface area contributed by atoms with Gasteiger partial charge in [-0.1, -0.05) is 26.8 Å². The summed E-state index contributed by atoms with van der Waals surface area (Å²) in [6.07, 6.45) is 0. The average molecular weight is 301 g/mol. The summed E-state index contributed by atoms with van der Waals surface area (Å²) in [5.41, 5.74) is 2.73. The number of phenols is 1. The number of benzene rings is 1. The predicted molar refractivity (Wildman–Crippen MR) is 87.7 cm³/mol. The highest BCUT2D eigenvalue weighted by Gasteiger charge is 2.21. The lowest BCUT2D eigenvalue weighted by Gasteiger charge is -2.20. The Morgan fingerprint density at radius 2 is 1.77 bits per heavy atom. The zero-order valence-corrected chi connectivity index (χ0v) is 14.0. The second-order valence-corrected chi connectivity index (χ2v) is 6.65. The van der Waals surface area contributed by atoms with Crippen LogP contribution in [0.25, 0.3) is 0 Å². The number of aryl methyl sites for hydroxylation is 2. The summed E-state index contributed by atoms with van der Waals surface area (Å²) >= 11 is 0. The van der Waals surface area contributed by atoms with E-state index < -0.39 is 0 Å². The fourth-order valence-electron chi connectivity index (χ4n) is 2.41. The molecule has 2 N–H and O–H groups in total. The second kappa shape index (κ2) is 5.52. The molecule has 4 heteroatoms. The van der Waals surface area contributed by atoms with Crippen molar-refractivity contribution >= 4 is 11.6 Å². The lowest BCUT2D eigenvalue weighted by atomic mass is 9.87. The number of hydrogen-bond acceptors (Lipinski definition) is 3. The van der Waals surface area contributed by atoms with Crippen LogP contribution < -0.4 is 5.32 Å². The van der Waals surface area contributed by atoms with Gasteiger partial charge in [-0.2, -0.15) is 0 Å². The van der Waals surface area contributed by atoms with Gasteiger partial charge in [0.25, 0.3) is 5.91 Å². The minimum atomic E-state index is -0.270. The van der Waals surface area contributed by atoms with Crippen LogP contribution in [0.5, 0.6) is 5.75 Å². The van der Waals surface area contributed by atoms with Gasteiger partial charge >= 0.3 is 0 Å². The molecule has 2 rings (SSSR count). The minimum absolute atomic E-state index is 0.0527. The van der Waals surface area contributed by atoms with Gasteiger partial charge < -0.3 is 14.8 Å². The van der Waals surface area contributed by atoms with Gasteiger partial charge in [0.2, 0.25) is 0 Å². The zero-order valence-electron chi connectivity index (χ0n) is 14.0. The number of aromatic hydroxyl groups is 1. The number of hydrogen-bond donors (Lipinski definition) is 2. The lowest BCUT2D eigenvalue weighted by Crippen LogP contribution is -2.16. The Balaban J connectivity index is 2.36. The SMILES string of the molecule is Cc1oc(C)c(C(=O)Nc2cc(C(C)(C)C)ccc2O)c1C. The molecule has 0 radical (unpaired) electrons. The van der Waals surface area contributed by atoms with E-state index in [2.05, 4.69) is 26.1 Å². The number of furan rings is 1. The van der Waals surface area contributed by atoms with E-state index in [1.54, 1.807) is 13.0 Å². The van der Waals surface area contributed by atoms with Gasteiger partial charge in [-0.25, -0.2) is 0 Å². The molecule has 0 aliphatic carbocycles. The fraction of sp³-hybridized carbons (Fsp3) is 0.389. The normalized spacial score (nSPS) is 11.5. The van der Waals surface area contributed by atoms with Crippen molar-refractivity contribution in [2.24, 2.45) is 0 Å². The third kappa shape index (κ3) is 3.01. The summed E-state index contributed by atoms with van der Waals surface area (Å²) in [6, 6.07) is 5.28. The molecule has 0 atom stereocenters. The minimum Gasteiger partial charge on any atom is -0.506 e. The van der Waals surface area contributed by atoms with Gasteiger partial charge in [-0.05, 0) is 43.9 Å².